The van der Waals surface area contributed by atoms with E-state index in [4.69, 9.17) is 0 Å². The minimum atomic E-state index is 1.26. The molecule has 0 bridgehead atoms. The second kappa shape index (κ2) is 14.8. The molecule has 0 N–H and O–H groups in total. The van der Waals surface area contributed by atoms with Gasteiger partial charge in [-0.15, -0.1) is 11.3 Å². The van der Waals surface area contributed by atoms with E-state index in [1.54, 1.807) is 0 Å². The number of hydrogen-bond acceptors (Lipinski definition) is 1. The molecule has 128 valence electrons. The van der Waals surface area contributed by atoms with Gasteiger partial charge in [-0.1, -0.05) is 90.4 Å². The van der Waals surface area contributed by atoms with Crippen LogP contribution in [0.4, 0.5) is 0 Å². The van der Waals surface area contributed by atoms with Crippen molar-refractivity contribution in [2.45, 2.75) is 103 Å². The summed E-state index contributed by atoms with van der Waals surface area (Å²) in [4.78, 5) is 0. The first-order valence-electron chi connectivity index (χ1n) is 9.56. The Morgan fingerprint density at radius 2 is 1.18 bits per heavy atom. The lowest BCUT2D eigenvalue weighted by atomic mass is 10.0. The second-order valence-corrected chi connectivity index (χ2v) is 8.90. The molecule has 0 unspecified atom stereocenters. The van der Waals surface area contributed by atoms with Gasteiger partial charge in [0.2, 0.25) is 0 Å². The molecule has 0 aliphatic heterocycles. The van der Waals surface area contributed by atoms with Crippen LogP contribution in [0, 0.1) is 0 Å². The summed E-state index contributed by atoms with van der Waals surface area (Å²) in [6.07, 6.45) is 21.4. The maximum absolute atomic E-state index is 3.54. The van der Waals surface area contributed by atoms with Crippen molar-refractivity contribution in [3.63, 3.8) is 0 Å². The average Bonchev–Trinajstić information content (AvgIpc) is 2.93. The molecule has 0 aliphatic rings. The van der Waals surface area contributed by atoms with Crippen LogP contribution in [0.1, 0.15) is 102 Å². The quantitative estimate of drug-likeness (QED) is 0.265. The Balaban J connectivity index is 1.73. The van der Waals surface area contributed by atoms with Crippen molar-refractivity contribution < 1.29 is 0 Å². The normalized spacial score (nSPS) is 11.2. The van der Waals surface area contributed by atoms with E-state index in [2.05, 4.69) is 34.3 Å². The van der Waals surface area contributed by atoms with E-state index >= 15 is 0 Å². The minimum absolute atomic E-state index is 1.26. The summed E-state index contributed by atoms with van der Waals surface area (Å²) in [5, 5.41) is 2.28. The highest BCUT2D eigenvalue weighted by molar-refractivity contribution is 9.11. The fourth-order valence-corrected chi connectivity index (χ4v) is 4.24. The van der Waals surface area contributed by atoms with Gasteiger partial charge in [-0.25, -0.2) is 0 Å². The van der Waals surface area contributed by atoms with Crippen LogP contribution in [-0.4, -0.2) is 0 Å². The van der Waals surface area contributed by atoms with Crippen LogP contribution in [0.15, 0.2) is 15.2 Å². The topological polar surface area (TPSA) is 0 Å². The highest BCUT2D eigenvalue weighted by Crippen LogP contribution is 2.22. The van der Waals surface area contributed by atoms with Crippen molar-refractivity contribution in [1.29, 1.82) is 0 Å². The lowest BCUT2D eigenvalue weighted by molar-refractivity contribution is 0.535. The van der Waals surface area contributed by atoms with Crippen molar-refractivity contribution in [3.8, 4) is 0 Å². The molecule has 1 aromatic heterocycles. The standard InChI is InChI=1S/C20H35BrS/c1-2-3-4-5-6-7-8-9-10-11-12-13-14-15-16-19-17-20(21)22-18-19/h17-18H,2-16H2,1H3. The molecule has 0 radical (unpaired) electrons. The number of hydrogen-bond donors (Lipinski definition) is 0. The molecule has 2 heteroatoms. The van der Waals surface area contributed by atoms with Gasteiger partial charge in [0.25, 0.3) is 0 Å². The molecule has 0 aliphatic carbocycles. The number of aryl methyl sites for hydroxylation is 1. The maximum Gasteiger partial charge on any atom is 0.0701 e. The smallest absolute Gasteiger partial charge is 0.0701 e. The first-order chi connectivity index (χ1) is 10.8. The molecular formula is C20H35BrS. The second-order valence-electron chi connectivity index (χ2n) is 6.61. The van der Waals surface area contributed by atoms with Gasteiger partial charge in [-0.2, -0.15) is 0 Å². The third kappa shape index (κ3) is 11.7. The summed E-state index contributed by atoms with van der Waals surface area (Å²) in [7, 11) is 0. The fraction of sp³-hybridized carbons (Fsp3) is 0.800. The summed E-state index contributed by atoms with van der Waals surface area (Å²) in [6.45, 7) is 2.29. The monoisotopic (exact) mass is 386 g/mol. The Kier molecular flexibility index (Phi) is 13.6. The first-order valence-corrected chi connectivity index (χ1v) is 11.2. The zero-order chi connectivity index (χ0) is 15.9. The van der Waals surface area contributed by atoms with Crippen molar-refractivity contribution >= 4 is 27.3 Å². The van der Waals surface area contributed by atoms with Gasteiger partial charge in [-0.05, 0) is 45.8 Å². The zero-order valence-electron chi connectivity index (χ0n) is 14.5. The molecular weight excluding hydrogens is 352 g/mol. The van der Waals surface area contributed by atoms with Crippen molar-refractivity contribution in [2.75, 3.05) is 0 Å². The summed E-state index contributed by atoms with van der Waals surface area (Å²) in [5.41, 5.74) is 1.51. The summed E-state index contributed by atoms with van der Waals surface area (Å²) < 4.78 is 1.27. The van der Waals surface area contributed by atoms with Gasteiger partial charge in [0, 0.05) is 0 Å². The molecule has 0 saturated heterocycles. The van der Waals surface area contributed by atoms with Crippen LogP contribution in [0.3, 0.4) is 0 Å². The first kappa shape index (κ1) is 20.2. The van der Waals surface area contributed by atoms with Crippen LogP contribution in [0.2, 0.25) is 0 Å². The van der Waals surface area contributed by atoms with Gasteiger partial charge >= 0.3 is 0 Å². The lowest BCUT2D eigenvalue weighted by Gasteiger charge is -2.03. The lowest BCUT2D eigenvalue weighted by Crippen LogP contribution is -1.85. The number of halogens is 1. The molecule has 1 rings (SSSR count). The molecule has 1 aromatic rings. The number of thiophene rings is 1. The molecule has 0 aromatic carbocycles. The Labute approximate surface area is 151 Å². The van der Waals surface area contributed by atoms with Gasteiger partial charge in [0.15, 0.2) is 0 Å². The number of unbranched alkanes of at least 4 members (excludes halogenated alkanes) is 13. The largest absolute Gasteiger partial charge is 0.137 e. The fourth-order valence-electron chi connectivity index (χ4n) is 3.00. The molecule has 0 spiro atoms. The Hall–Kier alpha value is 0.180. The zero-order valence-corrected chi connectivity index (χ0v) is 17.0. The maximum atomic E-state index is 3.54. The highest BCUT2D eigenvalue weighted by atomic mass is 79.9. The molecule has 0 fully saturated rings. The van der Waals surface area contributed by atoms with E-state index in [1.165, 1.54) is 106 Å². The Bertz CT molecular complexity index is 345. The molecule has 0 amide bonds. The van der Waals surface area contributed by atoms with Gasteiger partial charge in [0.1, 0.15) is 0 Å². The number of rotatable bonds is 15. The van der Waals surface area contributed by atoms with Crippen LogP contribution < -0.4 is 0 Å². The predicted octanol–water partition coefficient (Wildman–Crippen LogP) is 8.53. The third-order valence-corrected chi connectivity index (χ3v) is 5.99. The van der Waals surface area contributed by atoms with Crippen LogP contribution >= 0.6 is 27.3 Å². The van der Waals surface area contributed by atoms with Crippen molar-refractivity contribution in [1.82, 2.24) is 0 Å². The van der Waals surface area contributed by atoms with E-state index in [-0.39, 0.29) is 0 Å². The Morgan fingerprint density at radius 3 is 1.59 bits per heavy atom. The third-order valence-electron chi connectivity index (χ3n) is 4.44. The highest BCUT2D eigenvalue weighted by Gasteiger charge is 1.98. The van der Waals surface area contributed by atoms with Crippen LogP contribution in [0.25, 0.3) is 0 Å². The van der Waals surface area contributed by atoms with Gasteiger partial charge in [-0.3, -0.25) is 0 Å². The molecule has 0 nitrogen and oxygen atoms in total. The van der Waals surface area contributed by atoms with E-state index in [9.17, 15) is 0 Å². The van der Waals surface area contributed by atoms with E-state index in [0.29, 0.717) is 0 Å². The van der Waals surface area contributed by atoms with Gasteiger partial charge in [0.05, 0.1) is 3.79 Å². The van der Waals surface area contributed by atoms with Crippen LogP contribution in [-0.2, 0) is 6.42 Å². The molecule has 1 heterocycles. The van der Waals surface area contributed by atoms with Crippen LogP contribution in [0.5, 0.6) is 0 Å². The van der Waals surface area contributed by atoms with E-state index in [0.717, 1.165) is 0 Å². The van der Waals surface area contributed by atoms with Crippen molar-refractivity contribution in [3.05, 3.63) is 20.8 Å². The minimum Gasteiger partial charge on any atom is -0.137 e. The summed E-state index contributed by atoms with van der Waals surface area (Å²) in [6, 6.07) is 2.27. The van der Waals surface area contributed by atoms with Crippen molar-refractivity contribution in [2.24, 2.45) is 0 Å². The van der Waals surface area contributed by atoms with Gasteiger partial charge < -0.3 is 0 Å². The van der Waals surface area contributed by atoms with E-state index in [1.807, 2.05) is 11.3 Å². The summed E-state index contributed by atoms with van der Waals surface area (Å²) >= 11 is 5.34. The molecule has 0 saturated carbocycles. The summed E-state index contributed by atoms with van der Waals surface area (Å²) in [5.74, 6) is 0. The SMILES string of the molecule is CCCCCCCCCCCCCCCCc1csc(Br)c1. The molecule has 0 atom stereocenters. The van der Waals surface area contributed by atoms with E-state index < -0.39 is 0 Å². The molecule has 22 heavy (non-hydrogen) atoms. The Morgan fingerprint density at radius 1 is 0.727 bits per heavy atom. The average molecular weight is 387 g/mol. The predicted molar refractivity (Wildman–Crippen MR) is 106 cm³/mol.